The first-order valence-electron chi connectivity index (χ1n) is 4.87. The number of nitrogen functional groups attached to an aromatic ring is 1. The van der Waals surface area contributed by atoms with Crippen molar-refractivity contribution in [1.29, 1.82) is 0 Å². The summed E-state index contributed by atoms with van der Waals surface area (Å²) < 4.78 is 0. The van der Waals surface area contributed by atoms with Gasteiger partial charge in [-0.05, 0) is 29.3 Å². The third-order valence-corrected chi connectivity index (χ3v) is 2.42. The van der Waals surface area contributed by atoms with Gasteiger partial charge in [0, 0.05) is 17.8 Å². The minimum absolute atomic E-state index is 0.501. The fourth-order valence-electron chi connectivity index (χ4n) is 1.64. The van der Waals surface area contributed by atoms with Crippen molar-refractivity contribution >= 4 is 5.69 Å². The molecule has 4 N–H and O–H groups in total. The number of hydrogen-bond acceptors (Lipinski definition) is 2. The van der Waals surface area contributed by atoms with Gasteiger partial charge in [-0.1, -0.05) is 30.3 Å². The van der Waals surface area contributed by atoms with Crippen LogP contribution in [0.3, 0.4) is 0 Å². The molecule has 0 aliphatic heterocycles. The highest BCUT2D eigenvalue weighted by atomic mass is 14.6. The summed E-state index contributed by atoms with van der Waals surface area (Å²) in [5.41, 5.74) is 15.6. The van der Waals surface area contributed by atoms with Crippen LogP contribution in [0.2, 0.25) is 0 Å². The molecule has 2 heteroatoms. The molecule has 0 unspecified atom stereocenters. The van der Waals surface area contributed by atoms with Gasteiger partial charge in [0.05, 0.1) is 0 Å². The third kappa shape index (κ3) is 1.85. The summed E-state index contributed by atoms with van der Waals surface area (Å²) >= 11 is 0. The van der Waals surface area contributed by atoms with Crippen LogP contribution in [0, 0.1) is 6.07 Å². The zero-order valence-corrected chi connectivity index (χ0v) is 8.40. The molecule has 0 saturated carbocycles. The van der Waals surface area contributed by atoms with Crippen LogP contribution >= 0.6 is 0 Å². The molecule has 15 heavy (non-hydrogen) atoms. The summed E-state index contributed by atoms with van der Waals surface area (Å²) in [6.45, 7) is 0.501. The van der Waals surface area contributed by atoms with E-state index in [1.807, 2.05) is 42.5 Å². The van der Waals surface area contributed by atoms with Crippen molar-refractivity contribution in [3.8, 4) is 11.1 Å². The van der Waals surface area contributed by atoms with Gasteiger partial charge in [-0.2, -0.15) is 0 Å². The molecule has 0 bridgehead atoms. The van der Waals surface area contributed by atoms with Crippen molar-refractivity contribution in [2.45, 2.75) is 6.54 Å². The normalized spacial score (nSPS) is 10.2. The lowest BCUT2D eigenvalue weighted by atomic mass is 9.98. The standard InChI is InChI=1S/C13H13N2/c14-9-10-5-1-2-6-11(10)12-7-3-4-8-13(12)15/h2-8H,9,14-15H2. The average molecular weight is 197 g/mol. The van der Waals surface area contributed by atoms with Gasteiger partial charge in [0.25, 0.3) is 0 Å². The van der Waals surface area contributed by atoms with Gasteiger partial charge < -0.3 is 11.5 Å². The monoisotopic (exact) mass is 197 g/mol. The molecule has 0 aliphatic rings. The van der Waals surface area contributed by atoms with E-state index in [4.69, 9.17) is 11.5 Å². The summed E-state index contributed by atoms with van der Waals surface area (Å²) in [4.78, 5) is 0. The molecule has 75 valence electrons. The molecule has 2 nitrogen and oxygen atoms in total. The van der Waals surface area contributed by atoms with Crippen LogP contribution in [0.15, 0.2) is 42.5 Å². The first-order chi connectivity index (χ1) is 7.33. The van der Waals surface area contributed by atoms with E-state index in [0.717, 1.165) is 22.4 Å². The van der Waals surface area contributed by atoms with Crippen LogP contribution in [0.5, 0.6) is 0 Å². The van der Waals surface area contributed by atoms with Gasteiger partial charge in [-0.3, -0.25) is 0 Å². The summed E-state index contributed by atoms with van der Waals surface area (Å²) in [6.07, 6.45) is 0. The molecule has 0 heterocycles. The van der Waals surface area contributed by atoms with Crippen LogP contribution in [0.4, 0.5) is 5.69 Å². The van der Waals surface area contributed by atoms with Crippen LogP contribution in [0.1, 0.15) is 5.56 Å². The van der Waals surface area contributed by atoms with E-state index in [0.29, 0.717) is 6.54 Å². The topological polar surface area (TPSA) is 52.0 Å². The maximum atomic E-state index is 5.93. The predicted octanol–water partition coefficient (Wildman–Crippen LogP) is 2.19. The Hall–Kier alpha value is -1.80. The summed E-state index contributed by atoms with van der Waals surface area (Å²) in [7, 11) is 0. The number of hydrogen-bond donors (Lipinski definition) is 2. The molecule has 0 aromatic heterocycles. The highest BCUT2D eigenvalue weighted by Crippen LogP contribution is 2.28. The van der Waals surface area contributed by atoms with E-state index in [2.05, 4.69) is 6.07 Å². The summed E-state index contributed by atoms with van der Waals surface area (Å²) in [6, 6.07) is 16.6. The Balaban J connectivity index is 2.59. The van der Waals surface area contributed by atoms with Gasteiger partial charge in [0.2, 0.25) is 0 Å². The van der Waals surface area contributed by atoms with Crippen molar-refractivity contribution in [1.82, 2.24) is 0 Å². The highest BCUT2D eigenvalue weighted by molar-refractivity contribution is 5.78. The zero-order valence-electron chi connectivity index (χ0n) is 8.40. The van der Waals surface area contributed by atoms with Crippen LogP contribution in [0.25, 0.3) is 11.1 Å². The lowest BCUT2D eigenvalue weighted by Gasteiger charge is -2.09. The molecule has 0 aliphatic carbocycles. The second-order valence-electron chi connectivity index (χ2n) is 3.37. The number of anilines is 1. The van der Waals surface area contributed by atoms with Gasteiger partial charge in [-0.25, -0.2) is 0 Å². The maximum Gasteiger partial charge on any atom is 0.0393 e. The first kappa shape index (κ1) is 9.74. The third-order valence-electron chi connectivity index (χ3n) is 2.42. The van der Waals surface area contributed by atoms with Crippen molar-refractivity contribution in [2.75, 3.05) is 5.73 Å². The molecule has 0 spiro atoms. The van der Waals surface area contributed by atoms with Crippen molar-refractivity contribution < 1.29 is 0 Å². The molecule has 1 radical (unpaired) electrons. The minimum atomic E-state index is 0.501. The van der Waals surface area contributed by atoms with E-state index in [1.165, 1.54) is 0 Å². The molecule has 2 rings (SSSR count). The van der Waals surface area contributed by atoms with Gasteiger partial charge in [0.1, 0.15) is 0 Å². The Morgan fingerprint density at radius 1 is 1.07 bits per heavy atom. The number of benzene rings is 2. The van der Waals surface area contributed by atoms with Gasteiger partial charge in [0.15, 0.2) is 0 Å². The van der Waals surface area contributed by atoms with E-state index < -0.39 is 0 Å². The van der Waals surface area contributed by atoms with Crippen molar-refractivity contribution in [3.05, 3.63) is 54.1 Å². The molecular weight excluding hydrogens is 184 g/mol. The van der Waals surface area contributed by atoms with Crippen molar-refractivity contribution in [3.63, 3.8) is 0 Å². The second-order valence-corrected chi connectivity index (χ2v) is 3.37. The van der Waals surface area contributed by atoms with E-state index in [-0.39, 0.29) is 0 Å². The van der Waals surface area contributed by atoms with Crippen LogP contribution < -0.4 is 11.5 Å². The molecule has 0 amide bonds. The van der Waals surface area contributed by atoms with E-state index in [9.17, 15) is 0 Å². The molecule has 2 aromatic carbocycles. The van der Waals surface area contributed by atoms with Crippen LogP contribution in [-0.2, 0) is 6.54 Å². The fourth-order valence-corrected chi connectivity index (χ4v) is 1.64. The Morgan fingerprint density at radius 2 is 1.87 bits per heavy atom. The Morgan fingerprint density at radius 3 is 2.60 bits per heavy atom. The van der Waals surface area contributed by atoms with E-state index >= 15 is 0 Å². The smallest absolute Gasteiger partial charge is 0.0393 e. The fraction of sp³-hybridized carbons (Fsp3) is 0.0769. The Bertz CT molecular complexity index is 464. The Labute approximate surface area is 89.5 Å². The minimum Gasteiger partial charge on any atom is -0.398 e. The lowest BCUT2D eigenvalue weighted by Crippen LogP contribution is -2.00. The average Bonchev–Trinajstić information content (AvgIpc) is 2.30. The molecule has 0 atom stereocenters. The molecular formula is C13H13N2. The number of rotatable bonds is 2. The van der Waals surface area contributed by atoms with E-state index in [1.54, 1.807) is 0 Å². The number of nitrogens with two attached hydrogens (primary N) is 2. The quantitative estimate of drug-likeness (QED) is 0.725. The summed E-state index contributed by atoms with van der Waals surface area (Å²) in [5, 5.41) is 0. The SMILES string of the molecule is NCc1c[c]ccc1-c1ccccc1N. The first-order valence-corrected chi connectivity index (χ1v) is 4.87. The van der Waals surface area contributed by atoms with Crippen molar-refractivity contribution in [2.24, 2.45) is 5.73 Å². The lowest BCUT2D eigenvalue weighted by molar-refractivity contribution is 1.07. The van der Waals surface area contributed by atoms with Gasteiger partial charge >= 0.3 is 0 Å². The molecule has 2 aromatic rings. The van der Waals surface area contributed by atoms with Gasteiger partial charge in [-0.15, -0.1) is 0 Å². The zero-order chi connectivity index (χ0) is 10.7. The second kappa shape index (κ2) is 4.15. The largest absolute Gasteiger partial charge is 0.398 e. The summed E-state index contributed by atoms with van der Waals surface area (Å²) in [5.74, 6) is 0. The number of para-hydroxylation sites is 1. The maximum absolute atomic E-state index is 5.93. The molecule has 0 fully saturated rings. The Kier molecular flexibility index (Phi) is 2.70. The molecule has 0 saturated heterocycles. The van der Waals surface area contributed by atoms with Crippen LogP contribution in [-0.4, -0.2) is 0 Å². The highest BCUT2D eigenvalue weighted by Gasteiger charge is 2.05. The predicted molar refractivity (Wildman–Crippen MR) is 63.0 cm³/mol.